The third kappa shape index (κ3) is 5.29. The van der Waals surface area contributed by atoms with Gasteiger partial charge in [-0.3, -0.25) is 4.99 Å². The van der Waals surface area contributed by atoms with Crippen LogP contribution in [0, 0.1) is 30.5 Å². The Bertz CT molecular complexity index is 862. The lowest BCUT2D eigenvalue weighted by molar-refractivity contribution is 0.0259. The minimum Gasteiger partial charge on any atom is -0.367 e. The van der Waals surface area contributed by atoms with E-state index in [1.807, 2.05) is 47.6 Å². The molecule has 0 N–H and O–H groups in total. The van der Waals surface area contributed by atoms with E-state index in [-0.39, 0.29) is 5.82 Å². The molecular formula is C27H40FNO. The zero-order chi connectivity index (χ0) is 22.8. The SMILES string of the molecule is C=C(C)C(C)(C)OC/C(C)=C(\C)c1cc(C)c(N=C2C(C)CC(C)C2CC)cc1F. The summed E-state index contributed by atoms with van der Waals surface area (Å²) in [5.41, 5.74) is 6.14. The Morgan fingerprint density at radius 3 is 2.43 bits per heavy atom. The Balaban J connectivity index is 2.34. The monoisotopic (exact) mass is 413 g/mol. The number of hydrogen-bond acceptors (Lipinski definition) is 2. The van der Waals surface area contributed by atoms with Gasteiger partial charge in [0.15, 0.2) is 0 Å². The summed E-state index contributed by atoms with van der Waals surface area (Å²) in [5.74, 6) is 1.39. The lowest BCUT2D eigenvalue weighted by Gasteiger charge is -2.26. The van der Waals surface area contributed by atoms with Crippen molar-refractivity contribution in [3.05, 3.63) is 46.8 Å². The van der Waals surface area contributed by atoms with Gasteiger partial charge in [0.1, 0.15) is 5.82 Å². The van der Waals surface area contributed by atoms with Crippen molar-refractivity contribution < 1.29 is 9.13 Å². The van der Waals surface area contributed by atoms with E-state index in [9.17, 15) is 0 Å². The summed E-state index contributed by atoms with van der Waals surface area (Å²) >= 11 is 0. The molecule has 2 nitrogen and oxygen atoms in total. The number of ether oxygens (including phenoxy) is 1. The molecule has 0 aliphatic heterocycles. The maximum absolute atomic E-state index is 15.1. The summed E-state index contributed by atoms with van der Waals surface area (Å²) in [7, 11) is 0. The van der Waals surface area contributed by atoms with E-state index in [2.05, 4.69) is 27.4 Å². The fourth-order valence-electron chi connectivity index (χ4n) is 4.27. The topological polar surface area (TPSA) is 21.6 Å². The Hall–Kier alpha value is -1.74. The molecule has 1 aromatic carbocycles. The predicted octanol–water partition coefficient (Wildman–Crippen LogP) is 8.07. The van der Waals surface area contributed by atoms with Gasteiger partial charge in [-0.1, -0.05) is 27.4 Å². The van der Waals surface area contributed by atoms with Crippen molar-refractivity contribution >= 4 is 17.0 Å². The molecule has 3 atom stereocenters. The molecule has 1 aromatic rings. The molecule has 0 heterocycles. The number of allylic oxidation sites excluding steroid dienone is 1. The Morgan fingerprint density at radius 1 is 1.23 bits per heavy atom. The number of halogens is 1. The van der Waals surface area contributed by atoms with Crippen LogP contribution in [-0.4, -0.2) is 17.9 Å². The molecule has 0 radical (unpaired) electrons. The molecule has 166 valence electrons. The average Bonchev–Trinajstić information content (AvgIpc) is 2.94. The average molecular weight is 414 g/mol. The van der Waals surface area contributed by atoms with Gasteiger partial charge >= 0.3 is 0 Å². The number of aryl methyl sites for hydroxylation is 1. The fraction of sp³-hybridized carbons (Fsp3) is 0.593. The minimum atomic E-state index is -0.402. The first kappa shape index (κ1) is 24.5. The third-order valence-electron chi connectivity index (χ3n) is 6.99. The second-order valence-corrected chi connectivity index (χ2v) is 9.77. The van der Waals surface area contributed by atoms with Crippen LogP contribution in [-0.2, 0) is 4.74 Å². The summed E-state index contributed by atoms with van der Waals surface area (Å²) in [6.07, 6.45) is 2.25. The summed E-state index contributed by atoms with van der Waals surface area (Å²) in [4.78, 5) is 4.96. The normalized spacial score (nSPS) is 24.3. The molecule has 3 unspecified atom stereocenters. The molecule has 1 aliphatic rings. The Morgan fingerprint density at radius 2 is 1.87 bits per heavy atom. The van der Waals surface area contributed by atoms with Crippen LogP contribution in [0.15, 0.2) is 34.9 Å². The lowest BCUT2D eigenvalue weighted by Crippen LogP contribution is -2.26. The highest BCUT2D eigenvalue weighted by molar-refractivity contribution is 5.93. The maximum atomic E-state index is 15.1. The summed E-state index contributed by atoms with van der Waals surface area (Å²) in [6.45, 7) is 23.2. The molecule has 1 fully saturated rings. The molecule has 0 bridgehead atoms. The molecule has 3 heteroatoms. The van der Waals surface area contributed by atoms with E-state index < -0.39 is 5.60 Å². The maximum Gasteiger partial charge on any atom is 0.132 e. The number of rotatable bonds is 7. The van der Waals surface area contributed by atoms with E-state index in [0.717, 1.165) is 34.4 Å². The molecule has 0 spiro atoms. The van der Waals surface area contributed by atoms with Crippen LogP contribution in [0.3, 0.4) is 0 Å². The van der Waals surface area contributed by atoms with Crippen LogP contribution < -0.4 is 0 Å². The number of aliphatic imine (C=N–C) groups is 1. The lowest BCUT2D eigenvalue weighted by atomic mass is 9.94. The van der Waals surface area contributed by atoms with E-state index in [1.54, 1.807) is 6.07 Å². The van der Waals surface area contributed by atoms with Crippen molar-refractivity contribution in [3.63, 3.8) is 0 Å². The third-order valence-corrected chi connectivity index (χ3v) is 6.99. The van der Waals surface area contributed by atoms with Gasteiger partial charge in [-0.05, 0) is 100 Å². The van der Waals surface area contributed by atoms with E-state index in [0.29, 0.717) is 29.9 Å². The van der Waals surface area contributed by atoms with Gasteiger partial charge in [0.25, 0.3) is 0 Å². The van der Waals surface area contributed by atoms with E-state index in [1.165, 1.54) is 12.1 Å². The van der Waals surface area contributed by atoms with Gasteiger partial charge in [-0.2, -0.15) is 0 Å². The van der Waals surface area contributed by atoms with Crippen LogP contribution >= 0.6 is 0 Å². The first-order valence-electron chi connectivity index (χ1n) is 11.2. The smallest absolute Gasteiger partial charge is 0.132 e. The van der Waals surface area contributed by atoms with E-state index >= 15 is 4.39 Å². The summed E-state index contributed by atoms with van der Waals surface area (Å²) in [6, 6.07) is 3.54. The molecule has 0 aromatic heterocycles. The zero-order valence-electron chi connectivity index (χ0n) is 20.4. The highest BCUT2D eigenvalue weighted by Crippen LogP contribution is 2.38. The van der Waals surface area contributed by atoms with Gasteiger partial charge in [0, 0.05) is 17.3 Å². The van der Waals surface area contributed by atoms with Gasteiger partial charge in [0.2, 0.25) is 0 Å². The molecule has 2 rings (SSSR count). The summed E-state index contributed by atoms with van der Waals surface area (Å²) in [5, 5.41) is 0. The van der Waals surface area contributed by atoms with Crippen LogP contribution in [0.4, 0.5) is 10.1 Å². The van der Waals surface area contributed by atoms with Crippen molar-refractivity contribution in [1.82, 2.24) is 0 Å². The number of hydrogen-bond donors (Lipinski definition) is 0. The van der Waals surface area contributed by atoms with Crippen molar-refractivity contribution in [2.24, 2.45) is 22.7 Å². The Kier molecular flexibility index (Phi) is 7.85. The molecule has 30 heavy (non-hydrogen) atoms. The highest BCUT2D eigenvalue weighted by atomic mass is 19.1. The molecule has 1 saturated carbocycles. The van der Waals surface area contributed by atoms with Crippen LogP contribution in [0.2, 0.25) is 0 Å². The van der Waals surface area contributed by atoms with Crippen molar-refractivity contribution in [2.45, 2.75) is 80.8 Å². The second-order valence-electron chi connectivity index (χ2n) is 9.77. The number of nitrogens with zero attached hydrogens (tertiary/aromatic N) is 1. The largest absolute Gasteiger partial charge is 0.367 e. The first-order valence-corrected chi connectivity index (χ1v) is 11.2. The quantitative estimate of drug-likeness (QED) is 0.414. The predicted molar refractivity (Wildman–Crippen MR) is 128 cm³/mol. The summed E-state index contributed by atoms with van der Waals surface area (Å²) < 4.78 is 21.1. The van der Waals surface area contributed by atoms with Crippen molar-refractivity contribution in [1.29, 1.82) is 0 Å². The molecule has 0 saturated heterocycles. The minimum absolute atomic E-state index is 0.220. The molecule has 0 amide bonds. The van der Waals surface area contributed by atoms with Crippen molar-refractivity contribution in [2.75, 3.05) is 6.61 Å². The molecule has 1 aliphatic carbocycles. The Labute approximate surface area is 183 Å². The van der Waals surface area contributed by atoms with Gasteiger partial charge < -0.3 is 4.74 Å². The fourth-order valence-corrected chi connectivity index (χ4v) is 4.27. The number of benzene rings is 1. The second kappa shape index (κ2) is 9.60. The van der Waals surface area contributed by atoms with Gasteiger partial charge in [-0.25, -0.2) is 4.39 Å². The van der Waals surface area contributed by atoms with Crippen molar-refractivity contribution in [3.8, 4) is 0 Å². The molecular weight excluding hydrogens is 373 g/mol. The van der Waals surface area contributed by atoms with Crippen LogP contribution in [0.25, 0.3) is 5.57 Å². The first-order chi connectivity index (χ1) is 13.9. The van der Waals surface area contributed by atoms with Crippen LogP contribution in [0.5, 0.6) is 0 Å². The highest BCUT2D eigenvalue weighted by Gasteiger charge is 2.34. The van der Waals surface area contributed by atoms with Gasteiger partial charge in [-0.15, -0.1) is 0 Å². The van der Waals surface area contributed by atoms with E-state index in [4.69, 9.17) is 9.73 Å². The van der Waals surface area contributed by atoms with Crippen LogP contribution in [0.1, 0.15) is 79.4 Å². The zero-order valence-corrected chi connectivity index (χ0v) is 20.4. The van der Waals surface area contributed by atoms with Gasteiger partial charge in [0.05, 0.1) is 17.9 Å². The standard InChI is InChI=1S/C27H40FNO/c1-11-22-17(4)12-19(6)26(22)29-25-14-24(28)23(13-18(25)5)21(8)20(7)15-30-27(9,10)16(2)3/h13-14,17,19,22H,2,11-12,15H2,1,3-10H3/b21-20+,29-26?.